The van der Waals surface area contributed by atoms with Gasteiger partial charge in [0.05, 0.1) is 0 Å². The first-order valence-corrected chi connectivity index (χ1v) is 18.7. The van der Waals surface area contributed by atoms with Crippen LogP contribution in [0.4, 0.5) is 0 Å². The van der Waals surface area contributed by atoms with E-state index >= 15 is 0 Å². The van der Waals surface area contributed by atoms with Crippen molar-refractivity contribution < 1.29 is 31.2 Å². The van der Waals surface area contributed by atoms with Gasteiger partial charge in [-0.05, 0) is 136 Å². The largest absolute Gasteiger partial charge is 0.432 e. The van der Waals surface area contributed by atoms with Gasteiger partial charge in [0, 0.05) is 16.6 Å². The van der Waals surface area contributed by atoms with Gasteiger partial charge in [0.25, 0.3) is 0 Å². The van der Waals surface area contributed by atoms with Crippen LogP contribution in [0.2, 0.25) is 0 Å². The van der Waals surface area contributed by atoms with Crippen LogP contribution in [0.15, 0.2) is 0 Å². The van der Waals surface area contributed by atoms with Crippen molar-refractivity contribution in [1.82, 2.24) is 12.9 Å². The van der Waals surface area contributed by atoms with Crippen molar-refractivity contribution in [1.29, 1.82) is 0 Å². The van der Waals surface area contributed by atoms with Crippen LogP contribution in [0.5, 0.6) is 0 Å². The summed E-state index contributed by atoms with van der Waals surface area (Å²) in [6.07, 6.45) is 13.2. The first-order chi connectivity index (χ1) is 17.4. The second-order valence-electron chi connectivity index (χ2n) is 13.3. The zero-order chi connectivity index (χ0) is 26.2. The molecular weight excluding hydrogens is 537 g/mol. The third kappa shape index (κ3) is 5.35. The monoisotopic (exact) mass is 579 g/mol. The van der Waals surface area contributed by atoms with Gasteiger partial charge >= 0.3 is 28.2 Å². The molecule has 0 aromatic rings. The molecule has 0 amide bonds. The second kappa shape index (κ2) is 9.79. The van der Waals surface area contributed by atoms with Gasteiger partial charge in [-0.15, -0.1) is 0 Å². The smallest absolute Gasteiger partial charge is 0.311 e. The molecule has 8 fully saturated rings. The molecule has 0 spiro atoms. The molecular formula is C24H42N3O7PS2. The van der Waals surface area contributed by atoms with Crippen LogP contribution in [0.3, 0.4) is 0 Å². The van der Waals surface area contributed by atoms with E-state index in [9.17, 15) is 31.2 Å². The summed E-state index contributed by atoms with van der Waals surface area (Å²) in [5.74, 6) is 6.23. The zero-order valence-corrected chi connectivity index (χ0v) is 23.8. The number of hydrogen-bond donors (Lipinski definition) is 4. The first kappa shape index (κ1) is 27.1. The van der Waals surface area contributed by atoms with Crippen molar-refractivity contribution in [3.8, 4) is 0 Å². The van der Waals surface area contributed by atoms with Crippen LogP contribution in [0, 0.1) is 59.2 Å². The summed E-state index contributed by atoms with van der Waals surface area (Å²) < 4.78 is 67.7. The lowest BCUT2D eigenvalue weighted by Gasteiger charge is -2.54. The maximum Gasteiger partial charge on any atom is 0.432 e. The van der Waals surface area contributed by atoms with E-state index in [1.54, 1.807) is 0 Å². The molecule has 0 heterocycles. The molecule has 13 heteroatoms. The molecule has 4 N–H and O–H groups in total. The normalized spacial score (nSPS) is 42.7. The molecule has 0 unspecified atom stereocenters. The summed E-state index contributed by atoms with van der Waals surface area (Å²) in [6, 6.07) is 0. The second-order valence-corrected chi connectivity index (χ2v) is 18.7. The Morgan fingerprint density at radius 1 is 0.595 bits per heavy atom. The fourth-order valence-corrected chi connectivity index (χ4v) is 15.2. The van der Waals surface area contributed by atoms with Crippen molar-refractivity contribution >= 4 is 28.2 Å². The van der Waals surface area contributed by atoms with Gasteiger partial charge in [-0.3, -0.25) is 0 Å². The summed E-state index contributed by atoms with van der Waals surface area (Å²) in [5.41, 5.74) is 0. The molecule has 8 rings (SSSR count). The average Bonchev–Trinajstić information content (AvgIpc) is 2.75. The Hall–Kier alpha value is -0.0700. The van der Waals surface area contributed by atoms with Crippen LogP contribution < -0.4 is 9.44 Å². The van der Waals surface area contributed by atoms with Crippen LogP contribution in [-0.2, 0) is 25.0 Å². The zero-order valence-electron chi connectivity index (χ0n) is 21.3. The van der Waals surface area contributed by atoms with E-state index in [2.05, 4.69) is 9.44 Å². The molecule has 0 aromatic heterocycles. The molecule has 0 saturated heterocycles. The molecule has 8 bridgehead atoms. The van der Waals surface area contributed by atoms with Gasteiger partial charge < -0.3 is 9.79 Å². The molecule has 212 valence electrons. The molecule has 0 atom stereocenters. The Morgan fingerprint density at radius 3 is 1.16 bits per heavy atom. The highest BCUT2D eigenvalue weighted by molar-refractivity contribution is 8.08. The molecule has 8 aliphatic carbocycles. The number of hydrogen-bond acceptors (Lipinski definition) is 5. The minimum absolute atomic E-state index is 0.0326. The fourth-order valence-electron chi connectivity index (χ4n) is 10.2. The highest BCUT2D eigenvalue weighted by atomic mass is 32.3. The van der Waals surface area contributed by atoms with E-state index in [1.165, 1.54) is 64.2 Å². The Morgan fingerprint density at radius 2 is 0.892 bits per heavy atom. The number of nitrogens with zero attached hydrogens (tertiary/aromatic N) is 1. The fraction of sp³-hybridized carbons (Fsp3) is 1.00. The van der Waals surface area contributed by atoms with Crippen molar-refractivity contribution in [3.05, 3.63) is 0 Å². The predicted molar refractivity (Wildman–Crippen MR) is 138 cm³/mol. The van der Waals surface area contributed by atoms with Gasteiger partial charge in [0.2, 0.25) is 0 Å². The Balaban J connectivity index is 1.06. The third-order valence-corrected chi connectivity index (χ3v) is 17.1. The topological polar surface area (TPSA) is 153 Å². The Labute approximate surface area is 221 Å². The van der Waals surface area contributed by atoms with Crippen LogP contribution in [0.25, 0.3) is 0 Å². The number of nitrogens with one attached hydrogen (secondary N) is 2. The summed E-state index contributed by atoms with van der Waals surface area (Å²) >= 11 is 0. The van der Waals surface area contributed by atoms with E-state index in [0.29, 0.717) is 48.3 Å². The summed E-state index contributed by atoms with van der Waals surface area (Å²) in [5, 5.41) is 0. The van der Waals surface area contributed by atoms with Crippen molar-refractivity contribution in [2.24, 2.45) is 59.2 Å². The molecule has 10 nitrogen and oxygen atoms in total. The van der Waals surface area contributed by atoms with E-state index in [0.717, 1.165) is 23.7 Å². The lowest BCUT2D eigenvalue weighted by molar-refractivity contribution is -0.0388. The maximum absolute atomic E-state index is 12.9. The van der Waals surface area contributed by atoms with Gasteiger partial charge in [0.15, 0.2) is 0 Å². The molecule has 0 aliphatic heterocycles. The summed E-state index contributed by atoms with van der Waals surface area (Å²) in [6.45, 7) is -0.0652. The lowest BCUT2D eigenvalue weighted by Crippen LogP contribution is -2.50. The van der Waals surface area contributed by atoms with Gasteiger partial charge in [-0.1, -0.05) is 0 Å². The van der Waals surface area contributed by atoms with E-state index in [1.807, 2.05) is 0 Å². The van der Waals surface area contributed by atoms with Crippen molar-refractivity contribution in [2.75, 3.05) is 13.1 Å². The summed E-state index contributed by atoms with van der Waals surface area (Å²) in [7, 11) is -15.6. The number of rotatable bonds is 11. The SMILES string of the molecule is O=P(O)(O)N(S(=O)(=O)NCCC1C2CC3CC(C2)CC1C3)S(=O)(=O)NCCC1C2CC3CC(C2)CC1C3. The standard InChI is InChI=1S/C24H42N3O7PS2/c28-35(29,30)27(36(31,32)25-3-1-23-19-7-15-5-16(9-19)10-20(23)8-15)37(33,34)26-4-2-24-21-11-17-6-18(13-21)14-22(24)12-17/h15-26H,1-14H2,(H2,28,29,30). The minimum atomic E-state index is -5.67. The van der Waals surface area contributed by atoms with Gasteiger partial charge in [-0.2, -0.15) is 16.8 Å². The third-order valence-electron chi connectivity index (χ3n) is 11.0. The van der Waals surface area contributed by atoms with E-state index in [4.69, 9.17) is 0 Å². The first-order valence-electron chi connectivity index (χ1n) is 14.2. The highest BCUT2D eigenvalue weighted by Crippen LogP contribution is 2.58. The highest BCUT2D eigenvalue weighted by Gasteiger charge is 2.51. The Kier molecular flexibility index (Phi) is 7.17. The van der Waals surface area contributed by atoms with Gasteiger partial charge in [0.1, 0.15) is 0 Å². The quantitative estimate of drug-likeness (QED) is 0.275. The van der Waals surface area contributed by atoms with Gasteiger partial charge in [-0.25, -0.2) is 14.0 Å². The minimum Gasteiger partial charge on any atom is -0.311 e. The average molecular weight is 580 g/mol. The van der Waals surface area contributed by atoms with Crippen LogP contribution >= 0.6 is 7.75 Å². The van der Waals surface area contributed by atoms with Crippen molar-refractivity contribution in [3.63, 3.8) is 0 Å². The van der Waals surface area contributed by atoms with Crippen molar-refractivity contribution in [2.45, 2.75) is 77.0 Å². The molecule has 37 heavy (non-hydrogen) atoms. The molecule has 0 aromatic carbocycles. The van der Waals surface area contributed by atoms with E-state index < -0.39 is 31.6 Å². The van der Waals surface area contributed by atoms with Crippen LogP contribution in [0.1, 0.15) is 77.0 Å². The van der Waals surface area contributed by atoms with Crippen LogP contribution in [-0.4, -0.2) is 43.2 Å². The lowest BCUT2D eigenvalue weighted by atomic mass is 9.51. The molecule has 8 aliphatic rings. The van der Waals surface area contributed by atoms with E-state index in [-0.39, 0.29) is 13.1 Å². The predicted octanol–water partition coefficient (Wildman–Crippen LogP) is 2.97. The summed E-state index contributed by atoms with van der Waals surface area (Å²) in [4.78, 5) is 19.5. The molecule has 8 saturated carbocycles. The maximum atomic E-state index is 12.9. The Bertz CT molecular complexity index is 1010. The molecule has 0 radical (unpaired) electrons.